The highest BCUT2D eigenvalue weighted by atomic mass is 16.5. The van der Waals surface area contributed by atoms with Crippen molar-refractivity contribution in [1.82, 2.24) is 15.6 Å². The molecule has 1 aromatic carbocycles. The summed E-state index contributed by atoms with van der Waals surface area (Å²) in [6.07, 6.45) is 0. The number of aromatic nitrogens is 1. The molecule has 126 valence electrons. The van der Waals surface area contributed by atoms with E-state index >= 15 is 0 Å². The van der Waals surface area contributed by atoms with Crippen molar-refractivity contribution in [1.29, 1.82) is 0 Å². The summed E-state index contributed by atoms with van der Waals surface area (Å²) in [4.78, 5) is 27.0. The number of carbonyl (C=O) groups excluding carboxylic acids is 2. The number of benzene rings is 1. The molecule has 2 amide bonds. The van der Waals surface area contributed by atoms with E-state index in [9.17, 15) is 9.59 Å². The molecule has 7 nitrogen and oxygen atoms in total. The molecule has 1 fully saturated rings. The largest absolute Gasteiger partial charge is 0.486 e. The number of hydrogen-bond donors (Lipinski definition) is 3. The fraction of sp³-hybridized carbons (Fsp3) is 0.294. The molecule has 0 aliphatic carbocycles. The maximum Gasteiger partial charge on any atom is 0.271 e. The number of hydrogen-bond acceptors (Lipinski definition) is 4. The first kappa shape index (κ1) is 16.1. The summed E-state index contributed by atoms with van der Waals surface area (Å²) in [6.45, 7) is 1.32. The van der Waals surface area contributed by atoms with Crippen LogP contribution in [0.15, 0.2) is 36.4 Å². The number of H-pyrrole nitrogens is 1. The van der Waals surface area contributed by atoms with Crippen molar-refractivity contribution in [3.8, 4) is 5.75 Å². The van der Waals surface area contributed by atoms with E-state index in [0.717, 1.165) is 5.56 Å². The molecule has 3 N–H and O–H groups in total. The Hall–Kier alpha value is -2.80. The van der Waals surface area contributed by atoms with Crippen molar-refractivity contribution >= 4 is 11.8 Å². The fourth-order valence-electron chi connectivity index (χ4n) is 2.28. The van der Waals surface area contributed by atoms with Gasteiger partial charge in [0, 0.05) is 13.1 Å². The third kappa shape index (κ3) is 3.57. The zero-order valence-corrected chi connectivity index (χ0v) is 13.3. The minimum atomic E-state index is -0.343. The van der Waals surface area contributed by atoms with Gasteiger partial charge in [-0.3, -0.25) is 9.59 Å². The van der Waals surface area contributed by atoms with Gasteiger partial charge in [-0.05, 0) is 5.56 Å². The van der Waals surface area contributed by atoms with Gasteiger partial charge >= 0.3 is 0 Å². The molecule has 0 unspecified atom stereocenters. The van der Waals surface area contributed by atoms with Crippen molar-refractivity contribution in [3.05, 3.63) is 53.3 Å². The Kier molecular flexibility index (Phi) is 4.81. The first-order chi connectivity index (χ1) is 11.7. The predicted molar refractivity (Wildman–Crippen MR) is 87.0 cm³/mol. The van der Waals surface area contributed by atoms with Gasteiger partial charge in [0.1, 0.15) is 18.0 Å². The molecular weight excluding hydrogens is 310 g/mol. The molecule has 1 aromatic heterocycles. The second kappa shape index (κ2) is 7.18. The summed E-state index contributed by atoms with van der Waals surface area (Å²) >= 11 is 0. The molecule has 2 aromatic rings. The average molecular weight is 329 g/mol. The number of carbonyl (C=O) groups is 2. The molecule has 1 saturated heterocycles. The van der Waals surface area contributed by atoms with Crippen LogP contribution in [-0.4, -0.2) is 43.1 Å². The van der Waals surface area contributed by atoms with Gasteiger partial charge < -0.3 is 25.1 Å². The van der Waals surface area contributed by atoms with E-state index in [1.54, 1.807) is 6.07 Å². The third-order valence-electron chi connectivity index (χ3n) is 3.69. The standard InChI is InChI=1S/C17H19N3O4/c1-18-17(22)15-14(24-8-11-5-3-2-4-6-11)7-13(20-15)16(21)19-12-9-23-10-12/h2-7,12,20H,8-10H2,1H3,(H,18,22)(H,19,21). The van der Waals surface area contributed by atoms with Crippen LogP contribution in [0.4, 0.5) is 0 Å². The van der Waals surface area contributed by atoms with Gasteiger partial charge in [-0.15, -0.1) is 0 Å². The molecule has 0 spiro atoms. The van der Waals surface area contributed by atoms with E-state index < -0.39 is 0 Å². The molecular formula is C17H19N3O4. The number of nitrogens with one attached hydrogen (secondary N) is 3. The number of rotatable bonds is 6. The van der Waals surface area contributed by atoms with Gasteiger partial charge in [0.2, 0.25) is 0 Å². The fourth-order valence-corrected chi connectivity index (χ4v) is 2.28. The van der Waals surface area contributed by atoms with Crippen LogP contribution in [0.1, 0.15) is 26.5 Å². The summed E-state index contributed by atoms with van der Waals surface area (Å²) in [6, 6.07) is 11.2. The van der Waals surface area contributed by atoms with E-state index in [-0.39, 0.29) is 29.2 Å². The zero-order chi connectivity index (χ0) is 16.9. The van der Waals surface area contributed by atoms with Crippen molar-refractivity contribution in [2.45, 2.75) is 12.6 Å². The van der Waals surface area contributed by atoms with Crippen molar-refractivity contribution < 1.29 is 19.1 Å². The molecule has 1 aliphatic heterocycles. The Morgan fingerprint density at radius 2 is 2.00 bits per heavy atom. The highest BCUT2D eigenvalue weighted by molar-refractivity contribution is 5.99. The summed E-state index contributed by atoms with van der Waals surface area (Å²) < 4.78 is 10.8. The monoisotopic (exact) mass is 329 g/mol. The molecule has 0 bridgehead atoms. The van der Waals surface area contributed by atoms with Crippen LogP contribution in [0.3, 0.4) is 0 Å². The van der Waals surface area contributed by atoms with E-state index in [4.69, 9.17) is 9.47 Å². The first-order valence-electron chi connectivity index (χ1n) is 7.68. The smallest absolute Gasteiger partial charge is 0.271 e. The Balaban J connectivity index is 1.75. The highest BCUT2D eigenvalue weighted by Gasteiger charge is 2.24. The number of aromatic amines is 1. The van der Waals surface area contributed by atoms with Gasteiger partial charge in [-0.2, -0.15) is 0 Å². The van der Waals surface area contributed by atoms with Crippen LogP contribution >= 0.6 is 0 Å². The van der Waals surface area contributed by atoms with E-state index in [2.05, 4.69) is 15.6 Å². The Labute approximate surface area is 139 Å². The molecule has 24 heavy (non-hydrogen) atoms. The van der Waals surface area contributed by atoms with Crippen molar-refractivity contribution in [2.24, 2.45) is 0 Å². The number of amides is 2. The first-order valence-corrected chi connectivity index (χ1v) is 7.68. The highest BCUT2D eigenvalue weighted by Crippen LogP contribution is 2.22. The van der Waals surface area contributed by atoms with Crippen LogP contribution in [0.2, 0.25) is 0 Å². The molecule has 1 aliphatic rings. The van der Waals surface area contributed by atoms with Gasteiger partial charge in [-0.25, -0.2) is 0 Å². The number of ether oxygens (including phenoxy) is 2. The summed E-state index contributed by atoms with van der Waals surface area (Å²) in [5, 5.41) is 5.35. The Morgan fingerprint density at radius 3 is 2.62 bits per heavy atom. The molecule has 0 saturated carbocycles. The average Bonchev–Trinajstić information content (AvgIpc) is 3.00. The van der Waals surface area contributed by atoms with Crippen LogP contribution in [0, 0.1) is 0 Å². The zero-order valence-electron chi connectivity index (χ0n) is 13.3. The topological polar surface area (TPSA) is 92.5 Å². The lowest BCUT2D eigenvalue weighted by molar-refractivity contribution is -0.00354. The van der Waals surface area contributed by atoms with Crippen LogP contribution in [-0.2, 0) is 11.3 Å². The van der Waals surface area contributed by atoms with Gasteiger partial charge in [0.25, 0.3) is 11.8 Å². The van der Waals surface area contributed by atoms with Crippen molar-refractivity contribution in [3.63, 3.8) is 0 Å². The lowest BCUT2D eigenvalue weighted by Crippen LogP contribution is -2.48. The van der Waals surface area contributed by atoms with E-state index in [0.29, 0.717) is 25.6 Å². The maximum atomic E-state index is 12.2. The molecule has 2 heterocycles. The molecule has 0 atom stereocenters. The predicted octanol–water partition coefficient (Wildman–Crippen LogP) is 1.08. The molecule has 3 rings (SSSR count). The van der Waals surface area contributed by atoms with Gasteiger partial charge in [-0.1, -0.05) is 30.3 Å². The van der Waals surface area contributed by atoms with Crippen LogP contribution in [0.5, 0.6) is 5.75 Å². The van der Waals surface area contributed by atoms with Gasteiger partial charge in [0.05, 0.1) is 19.3 Å². The normalized spacial score (nSPS) is 13.9. The Morgan fingerprint density at radius 1 is 1.25 bits per heavy atom. The van der Waals surface area contributed by atoms with Crippen molar-refractivity contribution in [2.75, 3.05) is 20.3 Å². The quantitative estimate of drug-likeness (QED) is 0.739. The summed E-state index contributed by atoms with van der Waals surface area (Å²) in [5.41, 5.74) is 1.48. The lowest BCUT2D eigenvalue weighted by atomic mass is 10.2. The van der Waals surface area contributed by atoms with Crippen LogP contribution < -0.4 is 15.4 Å². The maximum absolute atomic E-state index is 12.2. The van der Waals surface area contributed by atoms with E-state index in [1.807, 2.05) is 30.3 Å². The third-order valence-corrected chi connectivity index (χ3v) is 3.69. The van der Waals surface area contributed by atoms with Gasteiger partial charge in [0.15, 0.2) is 5.75 Å². The SMILES string of the molecule is CNC(=O)c1[nH]c(C(=O)NC2COC2)cc1OCc1ccccc1. The summed E-state index contributed by atoms with van der Waals surface area (Å²) in [7, 11) is 1.52. The lowest BCUT2D eigenvalue weighted by Gasteiger charge is -2.26. The minimum absolute atomic E-state index is 0.0120. The second-order valence-electron chi connectivity index (χ2n) is 5.48. The summed E-state index contributed by atoms with van der Waals surface area (Å²) in [5.74, 6) is -0.291. The van der Waals surface area contributed by atoms with Crippen LogP contribution in [0.25, 0.3) is 0 Å². The molecule has 7 heteroatoms. The molecule has 0 radical (unpaired) electrons. The van der Waals surface area contributed by atoms with E-state index in [1.165, 1.54) is 7.05 Å². The Bertz CT molecular complexity index is 723. The second-order valence-corrected chi connectivity index (χ2v) is 5.48. The minimum Gasteiger partial charge on any atom is -0.486 e.